The van der Waals surface area contributed by atoms with Crippen LogP contribution in [0.3, 0.4) is 0 Å². The molecule has 0 spiro atoms. The molecule has 7 heteroatoms. The van der Waals surface area contributed by atoms with E-state index in [1.807, 2.05) is 0 Å². The highest BCUT2D eigenvalue weighted by Crippen LogP contribution is 2.38. The van der Waals surface area contributed by atoms with E-state index in [9.17, 15) is 13.2 Å². The largest absolute Gasteiger partial charge is 0.497 e. The number of nitrogens with two attached hydrogens (primary N) is 1. The number of aryl methyl sites for hydroxylation is 1. The zero-order valence-electron chi connectivity index (χ0n) is 11.5. The molecule has 2 aromatic rings. The number of ether oxygens (including phenoxy) is 1. The summed E-state index contributed by atoms with van der Waals surface area (Å²) in [5, 5.41) is 2.73. The lowest BCUT2D eigenvalue weighted by Crippen LogP contribution is -2.10. The summed E-state index contributed by atoms with van der Waals surface area (Å²) in [5.41, 5.74) is 5.61. The van der Waals surface area contributed by atoms with Crippen LogP contribution in [-0.2, 0) is 6.18 Å². The van der Waals surface area contributed by atoms with Gasteiger partial charge in [-0.2, -0.15) is 13.2 Å². The number of anilines is 3. The van der Waals surface area contributed by atoms with Gasteiger partial charge < -0.3 is 15.8 Å². The van der Waals surface area contributed by atoms with Crippen LogP contribution in [-0.4, -0.2) is 12.1 Å². The summed E-state index contributed by atoms with van der Waals surface area (Å²) < 4.78 is 44.1. The Balaban J connectivity index is 2.44. The normalized spacial score (nSPS) is 11.3. The summed E-state index contributed by atoms with van der Waals surface area (Å²) >= 11 is 0. The standard InChI is InChI=1S/C14H14F3N3O/c1-8-11(5-6-13(18)19-8)20-12-4-3-9(21-2)7-10(12)14(15,16)17/h3-7,20H,1-2H3,(H2,18,19). The first-order valence-corrected chi connectivity index (χ1v) is 6.06. The zero-order chi connectivity index (χ0) is 15.6. The quantitative estimate of drug-likeness (QED) is 0.906. The first-order chi connectivity index (χ1) is 9.81. The molecule has 0 unspecified atom stereocenters. The lowest BCUT2D eigenvalue weighted by Gasteiger charge is -2.16. The Bertz CT molecular complexity index is 656. The maximum atomic E-state index is 13.1. The number of hydrogen-bond acceptors (Lipinski definition) is 4. The second kappa shape index (κ2) is 5.51. The Morgan fingerprint density at radius 3 is 2.38 bits per heavy atom. The van der Waals surface area contributed by atoms with Gasteiger partial charge in [0, 0.05) is 0 Å². The topological polar surface area (TPSA) is 60.2 Å². The van der Waals surface area contributed by atoms with Crippen LogP contribution >= 0.6 is 0 Å². The van der Waals surface area contributed by atoms with E-state index in [1.165, 1.54) is 25.3 Å². The number of hydrogen-bond donors (Lipinski definition) is 2. The van der Waals surface area contributed by atoms with Gasteiger partial charge in [-0.25, -0.2) is 4.98 Å². The third-order valence-electron chi connectivity index (χ3n) is 2.91. The predicted octanol–water partition coefficient (Wildman–Crippen LogP) is 3.74. The molecule has 2 rings (SSSR count). The minimum atomic E-state index is -4.49. The van der Waals surface area contributed by atoms with Gasteiger partial charge in [0.25, 0.3) is 0 Å². The molecule has 0 aliphatic rings. The van der Waals surface area contributed by atoms with Crippen LogP contribution in [0.2, 0.25) is 0 Å². The first-order valence-electron chi connectivity index (χ1n) is 6.06. The number of nitrogens with zero attached hydrogens (tertiary/aromatic N) is 1. The second-order valence-corrected chi connectivity index (χ2v) is 4.40. The molecule has 21 heavy (non-hydrogen) atoms. The molecule has 0 bridgehead atoms. The number of methoxy groups -OCH3 is 1. The number of aromatic nitrogens is 1. The molecule has 1 heterocycles. The number of pyridine rings is 1. The molecule has 0 atom stereocenters. The zero-order valence-corrected chi connectivity index (χ0v) is 11.5. The molecule has 0 saturated heterocycles. The van der Waals surface area contributed by atoms with Crippen LogP contribution in [0.25, 0.3) is 0 Å². The number of alkyl halides is 3. The third-order valence-corrected chi connectivity index (χ3v) is 2.91. The number of nitrogens with one attached hydrogen (secondary N) is 1. The van der Waals surface area contributed by atoms with Crippen molar-refractivity contribution in [2.75, 3.05) is 18.2 Å². The van der Waals surface area contributed by atoms with Gasteiger partial charge in [0.1, 0.15) is 11.6 Å². The van der Waals surface area contributed by atoms with E-state index in [0.717, 1.165) is 6.07 Å². The van der Waals surface area contributed by atoms with Crippen molar-refractivity contribution in [2.24, 2.45) is 0 Å². The van der Waals surface area contributed by atoms with Crippen LogP contribution in [0.1, 0.15) is 11.3 Å². The van der Waals surface area contributed by atoms with E-state index in [2.05, 4.69) is 10.3 Å². The van der Waals surface area contributed by atoms with Gasteiger partial charge in [0.2, 0.25) is 0 Å². The highest BCUT2D eigenvalue weighted by atomic mass is 19.4. The lowest BCUT2D eigenvalue weighted by molar-refractivity contribution is -0.137. The molecule has 4 nitrogen and oxygen atoms in total. The minimum Gasteiger partial charge on any atom is -0.497 e. The maximum absolute atomic E-state index is 13.1. The Labute approximate surface area is 119 Å². The fourth-order valence-corrected chi connectivity index (χ4v) is 1.85. The molecule has 1 aromatic carbocycles. The van der Waals surface area contributed by atoms with Crippen molar-refractivity contribution >= 4 is 17.2 Å². The summed E-state index contributed by atoms with van der Waals surface area (Å²) in [7, 11) is 1.32. The summed E-state index contributed by atoms with van der Waals surface area (Å²) in [5.74, 6) is 0.448. The third kappa shape index (κ3) is 3.36. The molecule has 0 aliphatic heterocycles. The van der Waals surface area contributed by atoms with Crippen molar-refractivity contribution in [3.63, 3.8) is 0 Å². The first kappa shape index (κ1) is 15.0. The molecule has 0 amide bonds. The van der Waals surface area contributed by atoms with E-state index in [1.54, 1.807) is 13.0 Å². The van der Waals surface area contributed by atoms with Crippen molar-refractivity contribution in [2.45, 2.75) is 13.1 Å². The average Bonchev–Trinajstić information content (AvgIpc) is 2.41. The van der Waals surface area contributed by atoms with Gasteiger partial charge in [0.15, 0.2) is 0 Å². The number of nitrogen functional groups attached to an aromatic ring is 1. The fourth-order valence-electron chi connectivity index (χ4n) is 1.85. The van der Waals surface area contributed by atoms with Crippen molar-refractivity contribution in [3.05, 3.63) is 41.6 Å². The highest BCUT2D eigenvalue weighted by molar-refractivity contribution is 5.67. The van der Waals surface area contributed by atoms with Crippen molar-refractivity contribution in [1.82, 2.24) is 4.98 Å². The van der Waals surface area contributed by atoms with Crippen molar-refractivity contribution in [1.29, 1.82) is 0 Å². The predicted molar refractivity (Wildman–Crippen MR) is 74.7 cm³/mol. The van der Waals surface area contributed by atoms with Gasteiger partial charge in [0.05, 0.1) is 29.7 Å². The molecule has 0 fully saturated rings. The molecule has 1 aromatic heterocycles. The molecule has 0 radical (unpaired) electrons. The van der Waals surface area contributed by atoms with Crippen LogP contribution < -0.4 is 15.8 Å². The summed E-state index contributed by atoms with van der Waals surface area (Å²) in [4.78, 5) is 4.00. The number of rotatable bonds is 3. The van der Waals surface area contributed by atoms with Crippen molar-refractivity contribution in [3.8, 4) is 5.75 Å². The number of halogens is 3. The van der Waals surface area contributed by atoms with Crippen molar-refractivity contribution < 1.29 is 17.9 Å². The van der Waals surface area contributed by atoms with Gasteiger partial charge >= 0.3 is 6.18 Å². The number of benzene rings is 1. The van der Waals surface area contributed by atoms with Gasteiger partial charge in [-0.1, -0.05) is 0 Å². The Kier molecular flexibility index (Phi) is 3.93. The van der Waals surface area contributed by atoms with E-state index in [4.69, 9.17) is 10.5 Å². The van der Waals surface area contributed by atoms with E-state index < -0.39 is 11.7 Å². The Morgan fingerprint density at radius 2 is 1.81 bits per heavy atom. The fraction of sp³-hybridized carbons (Fsp3) is 0.214. The van der Waals surface area contributed by atoms with E-state index in [-0.39, 0.29) is 11.4 Å². The van der Waals surface area contributed by atoms with Crippen LogP contribution in [0.4, 0.5) is 30.4 Å². The Morgan fingerprint density at radius 1 is 1.14 bits per heavy atom. The average molecular weight is 297 g/mol. The summed E-state index contributed by atoms with van der Waals surface area (Å²) in [6.45, 7) is 1.66. The summed E-state index contributed by atoms with van der Waals surface area (Å²) in [6.07, 6.45) is -4.49. The van der Waals surface area contributed by atoms with Gasteiger partial charge in [-0.3, -0.25) is 0 Å². The Hall–Kier alpha value is -2.44. The highest BCUT2D eigenvalue weighted by Gasteiger charge is 2.34. The van der Waals surface area contributed by atoms with E-state index >= 15 is 0 Å². The SMILES string of the molecule is COc1ccc(Nc2ccc(N)nc2C)c(C(F)(F)F)c1. The maximum Gasteiger partial charge on any atom is 0.418 e. The van der Waals surface area contributed by atoms with Crippen LogP contribution in [0, 0.1) is 6.92 Å². The molecule has 0 aliphatic carbocycles. The van der Waals surface area contributed by atoms with Crippen LogP contribution in [0.15, 0.2) is 30.3 Å². The minimum absolute atomic E-state index is 0.0713. The molecule has 3 N–H and O–H groups in total. The van der Waals surface area contributed by atoms with Gasteiger partial charge in [-0.05, 0) is 37.3 Å². The summed E-state index contributed by atoms with van der Waals surface area (Å²) in [6, 6.07) is 6.83. The molecular formula is C14H14F3N3O. The lowest BCUT2D eigenvalue weighted by atomic mass is 10.1. The van der Waals surface area contributed by atoms with Crippen LogP contribution in [0.5, 0.6) is 5.75 Å². The molecule has 0 saturated carbocycles. The van der Waals surface area contributed by atoms with E-state index in [0.29, 0.717) is 17.2 Å². The second-order valence-electron chi connectivity index (χ2n) is 4.40. The smallest absolute Gasteiger partial charge is 0.418 e. The molecular weight excluding hydrogens is 283 g/mol. The monoisotopic (exact) mass is 297 g/mol. The van der Waals surface area contributed by atoms with Gasteiger partial charge in [-0.15, -0.1) is 0 Å². The molecule has 112 valence electrons.